The van der Waals surface area contributed by atoms with Crippen LogP contribution in [0.4, 0.5) is 10.5 Å². The van der Waals surface area contributed by atoms with Gasteiger partial charge < -0.3 is 5.32 Å². The number of pyridine rings is 1. The molecule has 0 atom stereocenters. The number of hydrogen-bond donors (Lipinski definition) is 1. The standard InChI is InChI=1S/C14H11ClN4O/c15-13-6-5-10(7-16-13)8-17-19-9-11-3-1-2-4-12(11)18-14(19)20/h1-8H,9H2,(H,18,20)/b17-8+. The van der Waals surface area contributed by atoms with Crippen LogP contribution in [0.25, 0.3) is 0 Å². The zero-order chi connectivity index (χ0) is 13.9. The molecular formula is C14H11ClN4O. The molecule has 3 rings (SSSR count). The van der Waals surface area contributed by atoms with E-state index in [2.05, 4.69) is 15.4 Å². The predicted octanol–water partition coefficient (Wildman–Crippen LogP) is 3.12. The molecule has 0 bridgehead atoms. The molecule has 0 saturated heterocycles. The fraction of sp³-hybridized carbons (Fsp3) is 0.0714. The number of anilines is 1. The molecule has 1 aliphatic heterocycles. The third-order valence-corrected chi connectivity index (χ3v) is 3.13. The summed E-state index contributed by atoms with van der Waals surface area (Å²) >= 11 is 5.71. The Morgan fingerprint density at radius 3 is 2.95 bits per heavy atom. The summed E-state index contributed by atoms with van der Waals surface area (Å²) < 4.78 is 0. The van der Waals surface area contributed by atoms with Crippen molar-refractivity contribution in [3.8, 4) is 0 Å². The molecule has 1 aliphatic rings. The van der Waals surface area contributed by atoms with E-state index in [9.17, 15) is 4.79 Å². The lowest BCUT2D eigenvalue weighted by Crippen LogP contribution is -2.34. The SMILES string of the molecule is O=C1Nc2ccccc2CN1/N=C/c1ccc(Cl)nc1. The van der Waals surface area contributed by atoms with Crippen molar-refractivity contribution in [3.63, 3.8) is 0 Å². The molecule has 0 radical (unpaired) electrons. The van der Waals surface area contributed by atoms with Gasteiger partial charge in [0.2, 0.25) is 0 Å². The van der Waals surface area contributed by atoms with E-state index >= 15 is 0 Å². The van der Waals surface area contributed by atoms with Crippen LogP contribution >= 0.6 is 11.6 Å². The quantitative estimate of drug-likeness (QED) is 0.681. The Labute approximate surface area is 120 Å². The van der Waals surface area contributed by atoms with E-state index in [4.69, 9.17) is 11.6 Å². The molecule has 2 aromatic rings. The van der Waals surface area contributed by atoms with Crippen LogP contribution in [0, 0.1) is 0 Å². The van der Waals surface area contributed by atoms with E-state index < -0.39 is 0 Å². The normalized spacial score (nSPS) is 14.2. The minimum Gasteiger partial charge on any atom is -0.306 e. The van der Waals surface area contributed by atoms with Gasteiger partial charge in [0.05, 0.1) is 12.8 Å². The maximum absolute atomic E-state index is 11.9. The number of para-hydroxylation sites is 1. The van der Waals surface area contributed by atoms with Crippen LogP contribution in [0.5, 0.6) is 0 Å². The van der Waals surface area contributed by atoms with Crippen LogP contribution in [0.3, 0.4) is 0 Å². The lowest BCUT2D eigenvalue weighted by atomic mass is 10.1. The van der Waals surface area contributed by atoms with Crippen molar-refractivity contribution in [2.45, 2.75) is 6.54 Å². The molecular weight excluding hydrogens is 276 g/mol. The van der Waals surface area contributed by atoms with E-state index in [1.165, 1.54) is 5.01 Å². The van der Waals surface area contributed by atoms with Crippen LogP contribution in [0.15, 0.2) is 47.7 Å². The number of hydrogen-bond acceptors (Lipinski definition) is 3. The Kier molecular flexibility index (Phi) is 3.35. The van der Waals surface area contributed by atoms with Gasteiger partial charge in [0.15, 0.2) is 0 Å². The molecule has 100 valence electrons. The number of carbonyl (C=O) groups is 1. The molecule has 1 aromatic heterocycles. The highest BCUT2D eigenvalue weighted by Gasteiger charge is 2.21. The lowest BCUT2D eigenvalue weighted by molar-refractivity contribution is 0.209. The number of urea groups is 1. The summed E-state index contributed by atoms with van der Waals surface area (Å²) in [5.74, 6) is 0. The van der Waals surface area contributed by atoms with Gasteiger partial charge in [0.25, 0.3) is 0 Å². The van der Waals surface area contributed by atoms with Crippen molar-refractivity contribution >= 4 is 29.5 Å². The number of halogens is 1. The van der Waals surface area contributed by atoms with Gasteiger partial charge in [-0.25, -0.2) is 14.8 Å². The first-order chi connectivity index (χ1) is 9.72. The highest BCUT2D eigenvalue weighted by atomic mass is 35.5. The number of carbonyl (C=O) groups excluding carboxylic acids is 1. The van der Waals surface area contributed by atoms with Gasteiger partial charge in [0.1, 0.15) is 5.15 Å². The maximum atomic E-state index is 11.9. The van der Waals surface area contributed by atoms with Gasteiger partial charge in [-0.3, -0.25) is 0 Å². The van der Waals surface area contributed by atoms with Crippen molar-refractivity contribution < 1.29 is 4.79 Å². The summed E-state index contributed by atoms with van der Waals surface area (Å²) in [5.41, 5.74) is 2.64. The zero-order valence-corrected chi connectivity index (χ0v) is 11.2. The fourth-order valence-electron chi connectivity index (χ4n) is 1.89. The van der Waals surface area contributed by atoms with E-state index in [1.54, 1.807) is 24.5 Å². The minimum atomic E-state index is -0.248. The highest BCUT2D eigenvalue weighted by Crippen LogP contribution is 2.22. The largest absolute Gasteiger partial charge is 0.342 e. The molecule has 5 nitrogen and oxygen atoms in total. The monoisotopic (exact) mass is 286 g/mol. The van der Waals surface area contributed by atoms with Gasteiger partial charge in [-0.15, -0.1) is 0 Å². The van der Waals surface area contributed by atoms with Gasteiger partial charge in [-0.2, -0.15) is 5.10 Å². The van der Waals surface area contributed by atoms with Crippen molar-refractivity contribution in [2.75, 3.05) is 5.32 Å². The first-order valence-corrected chi connectivity index (χ1v) is 6.42. The first-order valence-electron chi connectivity index (χ1n) is 6.04. The molecule has 2 heterocycles. The molecule has 1 aromatic carbocycles. The van der Waals surface area contributed by atoms with Crippen LogP contribution in [0.2, 0.25) is 5.15 Å². The topological polar surface area (TPSA) is 57.6 Å². The Bertz CT molecular complexity index is 669. The van der Waals surface area contributed by atoms with Crippen LogP contribution in [0.1, 0.15) is 11.1 Å². The summed E-state index contributed by atoms with van der Waals surface area (Å²) in [5, 5.41) is 8.76. The molecule has 0 saturated carbocycles. The van der Waals surface area contributed by atoms with Crippen LogP contribution in [-0.4, -0.2) is 22.2 Å². The van der Waals surface area contributed by atoms with E-state index in [-0.39, 0.29) is 6.03 Å². The van der Waals surface area contributed by atoms with Crippen molar-refractivity contribution in [3.05, 3.63) is 58.9 Å². The van der Waals surface area contributed by atoms with Crippen molar-refractivity contribution in [1.82, 2.24) is 9.99 Å². The number of nitrogens with one attached hydrogen (secondary N) is 1. The minimum absolute atomic E-state index is 0.248. The molecule has 0 fully saturated rings. The number of amides is 2. The van der Waals surface area contributed by atoms with E-state index in [0.29, 0.717) is 11.7 Å². The summed E-state index contributed by atoms with van der Waals surface area (Å²) in [6, 6.07) is 10.9. The number of hydrazone groups is 1. The number of rotatable bonds is 2. The number of aromatic nitrogens is 1. The predicted molar refractivity (Wildman–Crippen MR) is 77.8 cm³/mol. The number of benzene rings is 1. The first kappa shape index (κ1) is 12.6. The maximum Gasteiger partial charge on any atom is 0.342 e. The Hall–Kier alpha value is -2.40. The highest BCUT2D eigenvalue weighted by molar-refractivity contribution is 6.29. The molecule has 2 amide bonds. The summed E-state index contributed by atoms with van der Waals surface area (Å²) in [4.78, 5) is 15.8. The van der Waals surface area contributed by atoms with Gasteiger partial charge >= 0.3 is 6.03 Å². The lowest BCUT2D eigenvalue weighted by Gasteiger charge is -2.25. The van der Waals surface area contributed by atoms with Crippen LogP contribution < -0.4 is 5.32 Å². The van der Waals surface area contributed by atoms with Crippen molar-refractivity contribution in [1.29, 1.82) is 0 Å². The number of nitrogens with zero attached hydrogens (tertiary/aromatic N) is 3. The molecule has 6 heteroatoms. The second kappa shape index (κ2) is 5.30. The molecule has 0 aliphatic carbocycles. The summed E-state index contributed by atoms with van der Waals surface area (Å²) in [7, 11) is 0. The Morgan fingerprint density at radius 2 is 2.15 bits per heavy atom. The Morgan fingerprint density at radius 1 is 1.30 bits per heavy atom. The van der Waals surface area contributed by atoms with Gasteiger partial charge in [0, 0.05) is 17.4 Å². The zero-order valence-electron chi connectivity index (χ0n) is 10.5. The molecule has 20 heavy (non-hydrogen) atoms. The van der Waals surface area contributed by atoms with E-state index in [0.717, 1.165) is 16.8 Å². The molecule has 0 spiro atoms. The van der Waals surface area contributed by atoms with Gasteiger partial charge in [-0.05, 0) is 23.8 Å². The third-order valence-electron chi connectivity index (χ3n) is 2.91. The summed E-state index contributed by atoms with van der Waals surface area (Å²) in [6.45, 7) is 0.444. The second-order valence-corrected chi connectivity index (χ2v) is 4.69. The van der Waals surface area contributed by atoms with E-state index in [1.807, 2.05) is 24.3 Å². The third kappa shape index (κ3) is 2.62. The second-order valence-electron chi connectivity index (χ2n) is 4.30. The smallest absolute Gasteiger partial charge is 0.306 e. The van der Waals surface area contributed by atoms with Crippen LogP contribution in [-0.2, 0) is 6.54 Å². The Balaban J connectivity index is 1.78. The average Bonchev–Trinajstić information content (AvgIpc) is 2.47. The molecule has 0 unspecified atom stereocenters. The molecule has 1 N–H and O–H groups in total. The number of fused-ring (bicyclic) bond motifs is 1. The average molecular weight is 287 g/mol. The fourth-order valence-corrected chi connectivity index (χ4v) is 2.00. The summed E-state index contributed by atoms with van der Waals surface area (Å²) in [6.07, 6.45) is 3.18. The van der Waals surface area contributed by atoms with Gasteiger partial charge in [-0.1, -0.05) is 29.8 Å². The van der Waals surface area contributed by atoms with Crippen molar-refractivity contribution in [2.24, 2.45) is 5.10 Å².